The van der Waals surface area contributed by atoms with Gasteiger partial charge in [0, 0.05) is 43.7 Å². The van der Waals surface area contributed by atoms with Crippen LogP contribution in [0.2, 0.25) is 0 Å². The highest BCUT2D eigenvalue weighted by molar-refractivity contribution is 6.04. The first kappa shape index (κ1) is 27.5. The van der Waals surface area contributed by atoms with E-state index in [9.17, 15) is 22.8 Å². The van der Waals surface area contributed by atoms with Crippen LogP contribution in [0, 0.1) is 17.5 Å². The highest BCUT2D eigenvalue weighted by atomic mass is 19.1. The lowest BCUT2D eigenvalue weighted by Crippen LogP contribution is -2.46. The molecule has 1 atom stereocenters. The van der Waals surface area contributed by atoms with E-state index in [1.54, 1.807) is 30.3 Å². The zero-order valence-electron chi connectivity index (χ0n) is 21.8. The minimum atomic E-state index is -0.618. The van der Waals surface area contributed by atoms with E-state index in [2.05, 4.69) is 10.0 Å². The Morgan fingerprint density at radius 2 is 1.68 bits per heavy atom. The molecule has 2 heterocycles. The number of carbonyl (C=O) groups is 2. The summed E-state index contributed by atoms with van der Waals surface area (Å²) >= 11 is 0. The van der Waals surface area contributed by atoms with Gasteiger partial charge in [-0.1, -0.05) is 36.4 Å². The van der Waals surface area contributed by atoms with E-state index in [0.717, 1.165) is 6.07 Å². The van der Waals surface area contributed by atoms with Gasteiger partial charge in [-0.15, -0.1) is 0 Å². The van der Waals surface area contributed by atoms with Gasteiger partial charge in [0.2, 0.25) is 0 Å². The molecule has 5 rings (SSSR count). The average Bonchev–Trinajstić information content (AvgIpc) is 3.41. The first-order valence-electron chi connectivity index (χ1n) is 13.1. The van der Waals surface area contributed by atoms with Crippen molar-refractivity contribution in [1.29, 1.82) is 0 Å². The van der Waals surface area contributed by atoms with Crippen molar-refractivity contribution >= 4 is 17.5 Å². The molecule has 1 fully saturated rings. The second-order valence-electron chi connectivity index (χ2n) is 9.73. The number of hydrogen-bond donors (Lipinski definition) is 0. The number of rotatable bonds is 8. The van der Waals surface area contributed by atoms with Crippen LogP contribution in [0.25, 0.3) is 0 Å². The van der Waals surface area contributed by atoms with Gasteiger partial charge in [-0.3, -0.25) is 14.5 Å². The Kier molecular flexibility index (Phi) is 8.57. The minimum absolute atomic E-state index is 0.127. The zero-order chi connectivity index (χ0) is 28.1. The Labute approximate surface area is 230 Å². The maximum absolute atomic E-state index is 14.6. The predicted molar refractivity (Wildman–Crippen MR) is 143 cm³/mol. The third kappa shape index (κ3) is 6.40. The maximum Gasteiger partial charge on any atom is 0.262 e. The minimum Gasteiger partial charge on any atom is -0.379 e. The Morgan fingerprint density at radius 3 is 2.40 bits per heavy atom. The summed E-state index contributed by atoms with van der Waals surface area (Å²) in [5, 5.41) is 5.74. The number of halogens is 3. The van der Waals surface area contributed by atoms with Gasteiger partial charge in [0.1, 0.15) is 24.0 Å². The van der Waals surface area contributed by atoms with Crippen molar-refractivity contribution in [2.24, 2.45) is 5.10 Å². The number of ether oxygens (including phenoxy) is 1. The summed E-state index contributed by atoms with van der Waals surface area (Å²) in [6.07, 6.45) is 0.212. The van der Waals surface area contributed by atoms with Gasteiger partial charge in [-0.2, -0.15) is 5.10 Å². The summed E-state index contributed by atoms with van der Waals surface area (Å²) < 4.78 is 47.6. The van der Waals surface area contributed by atoms with Crippen LogP contribution in [-0.4, -0.2) is 78.3 Å². The van der Waals surface area contributed by atoms with Gasteiger partial charge in [0.25, 0.3) is 11.8 Å². The first-order valence-corrected chi connectivity index (χ1v) is 13.1. The van der Waals surface area contributed by atoms with E-state index < -0.39 is 35.3 Å². The van der Waals surface area contributed by atoms with Gasteiger partial charge in [-0.25, -0.2) is 18.2 Å². The van der Waals surface area contributed by atoms with Crippen LogP contribution >= 0.6 is 0 Å². The van der Waals surface area contributed by atoms with Gasteiger partial charge >= 0.3 is 0 Å². The Morgan fingerprint density at radius 1 is 0.925 bits per heavy atom. The maximum atomic E-state index is 14.6. The summed E-state index contributed by atoms with van der Waals surface area (Å²) in [4.78, 5) is 30.7. The van der Waals surface area contributed by atoms with Crippen LogP contribution in [0.3, 0.4) is 0 Å². The summed E-state index contributed by atoms with van der Waals surface area (Å²) in [6, 6.07) is 16.6. The molecule has 10 heteroatoms. The monoisotopic (exact) mass is 550 g/mol. The molecule has 40 heavy (non-hydrogen) atoms. The van der Waals surface area contributed by atoms with Crippen molar-refractivity contribution in [2.75, 3.05) is 45.9 Å². The van der Waals surface area contributed by atoms with E-state index in [0.29, 0.717) is 44.1 Å². The summed E-state index contributed by atoms with van der Waals surface area (Å²) in [5.74, 6) is -2.43. The lowest BCUT2D eigenvalue weighted by molar-refractivity contribution is -0.133. The highest BCUT2D eigenvalue weighted by Gasteiger charge is 2.35. The van der Waals surface area contributed by atoms with Crippen LogP contribution in [0.4, 0.5) is 13.2 Å². The summed E-state index contributed by atoms with van der Waals surface area (Å²) in [6.45, 7) is 2.96. The molecule has 0 N–H and O–H groups in total. The second-order valence-corrected chi connectivity index (χ2v) is 9.73. The molecule has 0 aromatic heterocycles. The zero-order valence-corrected chi connectivity index (χ0v) is 21.8. The Hall–Kier alpha value is -4.02. The quantitative estimate of drug-likeness (QED) is 0.421. The lowest BCUT2D eigenvalue weighted by Gasteiger charge is -2.31. The topological polar surface area (TPSA) is 65.5 Å². The van der Waals surface area contributed by atoms with Gasteiger partial charge in [0.15, 0.2) is 0 Å². The van der Waals surface area contributed by atoms with Crippen molar-refractivity contribution in [3.8, 4) is 0 Å². The number of morpholine rings is 1. The van der Waals surface area contributed by atoms with Gasteiger partial charge in [0.05, 0.1) is 25.0 Å². The second kappa shape index (κ2) is 12.4. The van der Waals surface area contributed by atoms with Crippen molar-refractivity contribution < 1.29 is 27.5 Å². The highest BCUT2D eigenvalue weighted by Crippen LogP contribution is 2.33. The Balaban J connectivity index is 1.42. The van der Waals surface area contributed by atoms with E-state index >= 15 is 0 Å². The molecule has 2 aliphatic rings. The summed E-state index contributed by atoms with van der Waals surface area (Å²) in [7, 11) is 0. The molecule has 208 valence electrons. The van der Waals surface area contributed by atoms with Crippen LogP contribution in [-0.2, 0) is 9.53 Å². The fourth-order valence-corrected chi connectivity index (χ4v) is 4.92. The number of benzene rings is 3. The summed E-state index contributed by atoms with van der Waals surface area (Å²) in [5.41, 5.74) is 1.39. The molecule has 2 amide bonds. The molecule has 0 aliphatic carbocycles. The Bertz CT molecular complexity index is 1390. The molecule has 0 radical (unpaired) electrons. The molecule has 0 bridgehead atoms. The number of hydrogen-bond acceptors (Lipinski definition) is 5. The molecule has 0 spiro atoms. The predicted octanol–water partition coefficient (Wildman–Crippen LogP) is 4.26. The van der Waals surface area contributed by atoms with Crippen LogP contribution in [0.1, 0.15) is 33.9 Å². The van der Waals surface area contributed by atoms with Crippen LogP contribution in [0.5, 0.6) is 0 Å². The largest absolute Gasteiger partial charge is 0.379 e. The molecule has 3 aromatic carbocycles. The van der Waals surface area contributed by atoms with E-state index in [-0.39, 0.29) is 30.6 Å². The fraction of sp³-hybridized carbons (Fsp3) is 0.300. The van der Waals surface area contributed by atoms with Crippen molar-refractivity contribution in [2.45, 2.75) is 12.5 Å². The van der Waals surface area contributed by atoms with E-state index in [1.165, 1.54) is 46.3 Å². The van der Waals surface area contributed by atoms with E-state index in [1.807, 2.05) is 0 Å². The van der Waals surface area contributed by atoms with Gasteiger partial charge in [-0.05, 0) is 42.0 Å². The lowest BCUT2D eigenvalue weighted by atomic mass is 9.98. The van der Waals surface area contributed by atoms with Crippen LogP contribution in [0.15, 0.2) is 77.9 Å². The number of hydrazone groups is 1. The smallest absolute Gasteiger partial charge is 0.262 e. The van der Waals surface area contributed by atoms with Gasteiger partial charge < -0.3 is 9.64 Å². The first-order chi connectivity index (χ1) is 19.4. The third-order valence-electron chi connectivity index (χ3n) is 7.08. The molecular formula is C30H29F3N4O3. The van der Waals surface area contributed by atoms with Crippen molar-refractivity contribution in [3.63, 3.8) is 0 Å². The third-order valence-corrected chi connectivity index (χ3v) is 7.08. The van der Waals surface area contributed by atoms with E-state index in [4.69, 9.17) is 4.74 Å². The number of amides is 2. The molecule has 7 nitrogen and oxygen atoms in total. The van der Waals surface area contributed by atoms with Crippen molar-refractivity contribution in [1.82, 2.24) is 14.8 Å². The average molecular weight is 551 g/mol. The fourth-order valence-electron chi connectivity index (χ4n) is 4.92. The van der Waals surface area contributed by atoms with Crippen molar-refractivity contribution in [3.05, 3.63) is 107 Å². The molecule has 0 unspecified atom stereocenters. The molecule has 2 aliphatic heterocycles. The number of nitrogens with zero attached hydrogens (tertiary/aromatic N) is 4. The van der Waals surface area contributed by atoms with Crippen LogP contribution < -0.4 is 0 Å². The number of carbonyl (C=O) groups excluding carboxylic acids is 2. The SMILES string of the molecule is O=C(c1cccc(F)c1)N(CCN1CCOCC1)CC(=O)N1N=C(c2ccccc2F)C[C@@H]1c1ccc(F)cc1. The molecule has 0 saturated carbocycles. The molecule has 3 aromatic rings. The molecular weight excluding hydrogens is 521 g/mol. The standard InChI is InChI=1S/C30H29F3N4O3/c31-23-10-8-21(9-11-23)28-19-27(25-6-1-2-7-26(25)33)34-37(28)29(38)20-36(13-12-35-14-16-40-17-15-35)30(39)22-4-3-5-24(32)18-22/h1-11,18,28H,12-17,19-20H2/t28-/m1/s1. The molecule has 1 saturated heterocycles. The normalized spacial score (nSPS) is 17.5.